The molecule has 0 spiro atoms. The second-order valence-corrected chi connectivity index (χ2v) is 8.36. The van der Waals surface area contributed by atoms with Gasteiger partial charge in [0.2, 0.25) is 5.91 Å². The molecule has 1 fully saturated rings. The number of likely N-dealkylation sites (N-methyl/N-ethyl adjacent to an activating group) is 1. The van der Waals surface area contributed by atoms with E-state index in [1.165, 1.54) is 16.5 Å². The monoisotopic (exact) mass is 412 g/mol. The summed E-state index contributed by atoms with van der Waals surface area (Å²) in [4.78, 5) is 35.3. The summed E-state index contributed by atoms with van der Waals surface area (Å²) in [6.07, 6.45) is 1.49. The molecule has 152 valence electrons. The van der Waals surface area contributed by atoms with Crippen molar-refractivity contribution in [3.8, 4) is 0 Å². The summed E-state index contributed by atoms with van der Waals surface area (Å²) in [5.41, 5.74) is 3.35. The minimum Gasteiger partial charge on any atom is -0.459 e. The quantitative estimate of drug-likeness (QED) is 0.659. The van der Waals surface area contributed by atoms with Crippen LogP contribution in [0.25, 0.3) is 10.2 Å². The molecule has 1 aliphatic rings. The number of furan rings is 1. The van der Waals surface area contributed by atoms with E-state index in [1.54, 1.807) is 28.4 Å². The molecule has 29 heavy (non-hydrogen) atoms. The van der Waals surface area contributed by atoms with Gasteiger partial charge in [-0.25, -0.2) is 4.98 Å². The third-order valence-corrected chi connectivity index (χ3v) is 6.59. The maximum atomic E-state index is 12.8. The molecule has 2 aromatic heterocycles. The smallest absolute Gasteiger partial charge is 0.289 e. The minimum atomic E-state index is -0.126. The molecule has 1 saturated heterocycles. The maximum Gasteiger partial charge on any atom is 0.289 e. The van der Waals surface area contributed by atoms with Crippen molar-refractivity contribution < 1.29 is 14.0 Å². The Balaban J connectivity index is 1.37. The number of hydrogen-bond acceptors (Lipinski definition) is 6. The van der Waals surface area contributed by atoms with E-state index in [2.05, 4.69) is 26.0 Å². The number of aryl methyl sites for hydroxylation is 2. The highest BCUT2D eigenvalue weighted by Crippen LogP contribution is 2.32. The van der Waals surface area contributed by atoms with Crippen LogP contribution in [0.3, 0.4) is 0 Å². The average molecular weight is 413 g/mol. The molecule has 0 bridgehead atoms. The van der Waals surface area contributed by atoms with E-state index in [9.17, 15) is 9.59 Å². The lowest BCUT2D eigenvalue weighted by molar-refractivity contribution is -0.131. The van der Waals surface area contributed by atoms with Gasteiger partial charge in [-0.15, -0.1) is 0 Å². The van der Waals surface area contributed by atoms with E-state index in [4.69, 9.17) is 9.40 Å². The zero-order valence-electron chi connectivity index (χ0n) is 16.8. The van der Waals surface area contributed by atoms with Gasteiger partial charge in [0.1, 0.15) is 0 Å². The third-order valence-electron chi connectivity index (χ3n) is 5.28. The molecule has 0 radical (unpaired) electrons. The first-order valence-corrected chi connectivity index (χ1v) is 10.4. The van der Waals surface area contributed by atoms with Crippen LogP contribution in [-0.4, -0.2) is 66.4 Å². The fourth-order valence-corrected chi connectivity index (χ4v) is 4.57. The van der Waals surface area contributed by atoms with Crippen LogP contribution < -0.4 is 4.90 Å². The molecule has 0 saturated carbocycles. The third kappa shape index (κ3) is 3.85. The predicted octanol–water partition coefficient (Wildman–Crippen LogP) is 2.93. The molecule has 4 rings (SSSR count). The Hall–Kier alpha value is -2.87. The number of nitrogens with zero attached hydrogens (tertiary/aromatic N) is 4. The zero-order chi connectivity index (χ0) is 20.5. The first kappa shape index (κ1) is 19.4. The summed E-state index contributed by atoms with van der Waals surface area (Å²) in [6, 6.07) is 7.55. The van der Waals surface area contributed by atoms with Gasteiger partial charge in [-0.05, 0) is 37.1 Å². The minimum absolute atomic E-state index is 0.0466. The fraction of sp³-hybridized carbons (Fsp3) is 0.381. The van der Waals surface area contributed by atoms with Gasteiger partial charge in [-0.2, -0.15) is 0 Å². The zero-order valence-corrected chi connectivity index (χ0v) is 17.7. The van der Waals surface area contributed by atoms with E-state index in [1.807, 2.05) is 16.8 Å². The lowest BCUT2D eigenvalue weighted by atomic mass is 10.1. The molecule has 0 unspecified atom stereocenters. The van der Waals surface area contributed by atoms with Crippen molar-refractivity contribution in [2.24, 2.45) is 0 Å². The Morgan fingerprint density at radius 2 is 1.79 bits per heavy atom. The molecular formula is C21H24N4O3S. The number of carbonyl (C=O) groups is 2. The summed E-state index contributed by atoms with van der Waals surface area (Å²) in [6.45, 7) is 6.47. The van der Waals surface area contributed by atoms with E-state index < -0.39 is 0 Å². The molecule has 7 nitrogen and oxygen atoms in total. The molecular weight excluding hydrogens is 388 g/mol. The number of amides is 2. The van der Waals surface area contributed by atoms with Crippen molar-refractivity contribution >= 4 is 38.5 Å². The number of carbonyl (C=O) groups excluding carboxylic acids is 2. The van der Waals surface area contributed by atoms with Crippen molar-refractivity contribution in [2.75, 3.05) is 44.7 Å². The van der Waals surface area contributed by atoms with E-state index in [0.717, 1.165) is 16.2 Å². The number of piperazine rings is 1. The number of rotatable bonds is 4. The summed E-state index contributed by atoms with van der Waals surface area (Å²) < 4.78 is 6.35. The molecule has 1 aromatic carbocycles. The van der Waals surface area contributed by atoms with Crippen LogP contribution in [0.4, 0.5) is 5.13 Å². The Labute approximate surface area is 173 Å². The normalized spacial score (nSPS) is 14.4. The number of aromatic nitrogens is 1. The number of fused-ring (bicyclic) bond motifs is 1. The summed E-state index contributed by atoms with van der Waals surface area (Å²) in [5, 5.41) is 0.845. The lowest BCUT2D eigenvalue weighted by Crippen LogP contribution is -2.52. The van der Waals surface area contributed by atoms with Gasteiger partial charge >= 0.3 is 0 Å². The van der Waals surface area contributed by atoms with E-state index in [-0.39, 0.29) is 18.4 Å². The molecule has 0 N–H and O–H groups in total. The van der Waals surface area contributed by atoms with Gasteiger partial charge in [0.25, 0.3) is 5.91 Å². The van der Waals surface area contributed by atoms with Gasteiger partial charge in [0, 0.05) is 33.2 Å². The second kappa shape index (κ2) is 7.87. The molecule has 3 aromatic rings. The molecule has 1 aliphatic heterocycles. The van der Waals surface area contributed by atoms with Gasteiger partial charge in [-0.1, -0.05) is 23.5 Å². The fourth-order valence-electron chi connectivity index (χ4n) is 3.50. The largest absolute Gasteiger partial charge is 0.459 e. The van der Waals surface area contributed by atoms with E-state index >= 15 is 0 Å². The number of anilines is 1. The first-order chi connectivity index (χ1) is 13.9. The summed E-state index contributed by atoms with van der Waals surface area (Å²) in [5.74, 6) is 0.260. The highest BCUT2D eigenvalue weighted by Gasteiger charge is 2.27. The topological polar surface area (TPSA) is 69.9 Å². The summed E-state index contributed by atoms with van der Waals surface area (Å²) in [7, 11) is 1.90. The van der Waals surface area contributed by atoms with Crippen LogP contribution in [0.2, 0.25) is 0 Å². The van der Waals surface area contributed by atoms with Crippen LogP contribution in [-0.2, 0) is 4.79 Å². The highest BCUT2D eigenvalue weighted by molar-refractivity contribution is 7.22. The standard InChI is InChI=1S/C21H24N4O3S/c1-14-6-7-15(2)19-18(14)22-21(29-19)23(3)13-17(26)24-8-10-25(11-9-24)20(27)16-5-4-12-28-16/h4-7,12H,8-11,13H2,1-3H3. The molecule has 3 heterocycles. The Kier molecular flexibility index (Phi) is 5.27. The van der Waals surface area contributed by atoms with Gasteiger partial charge < -0.3 is 19.1 Å². The molecule has 2 amide bonds. The van der Waals surface area contributed by atoms with Crippen LogP contribution in [0.1, 0.15) is 21.7 Å². The lowest BCUT2D eigenvalue weighted by Gasteiger charge is -2.35. The van der Waals surface area contributed by atoms with Crippen LogP contribution >= 0.6 is 11.3 Å². The second-order valence-electron chi connectivity index (χ2n) is 7.38. The van der Waals surface area contributed by atoms with Crippen molar-refractivity contribution in [3.05, 3.63) is 47.4 Å². The van der Waals surface area contributed by atoms with E-state index in [0.29, 0.717) is 31.9 Å². The Morgan fingerprint density at radius 3 is 2.45 bits per heavy atom. The SMILES string of the molecule is Cc1ccc(C)c2sc(N(C)CC(=O)N3CCN(C(=O)c4ccco4)CC3)nc12. The molecule has 0 aliphatic carbocycles. The summed E-state index contributed by atoms with van der Waals surface area (Å²) >= 11 is 1.62. The van der Waals surface area contributed by atoms with Crippen LogP contribution in [0.5, 0.6) is 0 Å². The number of benzene rings is 1. The van der Waals surface area contributed by atoms with Gasteiger partial charge in [-0.3, -0.25) is 9.59 Å². The van der Waals surface area contributed by atoms with Crippen LogP contribution in [0.15, 0.2) is 34.9 Å². The number of thiazole rings is 1. The van der Waals surface area contributed by atoms with Crippen molar-refractivity contribution in [1.29, 1.82) is 0 Å². The van der Waals surface area contributed by atoms with Crippen LogP contribution in [0, 0.1) is 13.8 Å². The maximum absolute atomic E-state index is 12.8. The highest BCUT2D eigenvalue weighted by atomic mass is 32.1. The average Bonchev–Trinajstić information content (AvgIpc) is 3.41. The molecule has 0 atom stereocenters. The van der Waals surface area contributed by atoms with Gasteiger partial charge in [0.05, 0.1) is 23.0 Å². The number of hydrogen-bond donors (Lipinski definition) is 0. The molecule has 8 heteroatoms. The predicted molar refractivity (Wildman–Crippen MR) is 114 cm³/mol. The van der Waals surface area contributed by atoms with Crippen molar-refractivity contribution in [2.45, 2.75) is 13.8 Å². The van der Waals surface area contributed by atoms with Crippen molar-refractivity contribution in [3.63, 3.8) is 0 Å². The Morgan fingerprint density at radius 1 is 1.10 bits per heavy atom. The van der Waals surface area contributed by atoms with Gasteiger partial charge in [0.15, 0.2) is 10.9 Å². The Bertz CT molecular complexity index is 997. The first-order valence-electron chi connectivity index (χ1n) is 9.62. The van der Waals surface area contributed by atoms with Crippen molar-refractivity contribution in [1.82, 2.24) is 14.8 Å².